The van der Waals surface area contributed by atoms with Crippen molar-refractivity contribution < 1.29 is 4.42 Å². The number of hydrogen-bond donors (Lipinski definition) is 0. The SMILES string of the molecule is Cc1oc(-c2ccccc2)nc1Cn1cnc2nc3c(cc2c1=O)C[C@H](C)CC3. The molecule has 4 aromatic rings. The highest BCUT2D eigenvalue weighted by Gasteiger charge is 2.19. The van der Waals surface area contributed by atoms with Crippen LogP contribution >= 0.6 is 0 Å². The Morgan fingerprint density at radius 2 is 2.03 bits per heavy atom. The van der Waals surface area contributed by atoms with Gasteiger partial charge in [-0.25, -0.2) is 15.0 Å². The normalized spacial score (nSPS) is 16.1. The predicted octanol–water partition coefficient (Wildman–Crippen LogP) is 3.93. The number of aryl methyl sites for hydroxylation is 2. The highest BCUT2D eigenvalue weighted by atomic mass is 16.4. The second kappa shape index (κ2) is 6.95. The molecule has 1 atom stereocenters. The first kappa shape index (κ1) is 17.8. The summed E-state index contributed by atoms with van der Waals surface area (Å²) in [6.07, 6.45) is 4.62. The van der Waals surface area contributed by atoms with Crippen LogP contribution in [0.4, 0.5) is 0 Å². The molecule has 3 heterocycles. The van der Waals surface area contributed by atoms with E-state index >= 15 is 0 Å². The Kier molecular flexibility index (Phi) is 4.27. The molecule has 0 aliphatic heterocycles. The maximum Gasteiger partial charge on any atom is 0.263 e. The minimum atomic E-state index is -0.0906. The molecule has 1 aromatic carbocycles. The summed E-state index contributed by atoms with van der Waals surface area (Å²) < 4.78 is 7.41. The topological polar surface area (TPSA) is 73.8 Å². The summed E-state index contributed by atoms with van der Waals surface area (Å²) in [5.41, 5.74) is 4.34. The number of hydrogen-bond acceptors (Lipinski definition) is 5. The molecule has 1 aliphatic carbocycles. The van der Waals surface area contributed by atoms with Gasteiger partial charge in [0.15, 0.2) is 5.65 Å². The zero-order valence-electron chi connectivity index (χ0n) is 16.6. The Balaban J connectivity index is 1.52. The van der Waals surface area contributed by atoms with Gasteiger partial charge in [0.1, 0.15) is 17.8 Å². The van der Waals surface area contributed by atoms with Gasteiger partial charge in [0.05, 0.1) is 11.9 Å². The number of pyridine rings is 1. The zero-order valence-corrected chi connectivity index (χ0v) is 16.6. The second-order valence-corrected chi connectivity index (χ2v) is 7.88. The number of benzene rings is 1. The van der Waals surface area contributed by atoms with Gasteiger partial charge >= 0.3 is 0 Å². The average Bonchev–Trinajstić information content (AvgIpc) is 3.10. The van der Waals surface area contributed by atoms with E-state index in [1.165, 1.54) is 5.56 Å². The van der Waals surface area contributed by atoms with Gasteiger partial charge in [0, 0.05) is 11.3 Å². The molecular weight excluding hydrogens is 364 g/mol. The smallest absolute Gasteiger partial charge is 0.263 e. The van der Waals surface area contributed by atoms with Gasteiger partial charge in [-0.2, -0.15) is 0 Å². The molecule has 0 unspecified atom stereocenters. The molecule has 3 aromatic heterocycles. The van der Waals surface area contributed by atoms with Crippen LogP contribution in [0.25, 0.3) is 22.5 Å². The van der Waals surface area contributed by atoms with Gasteiger partial charge in [-0.15, -0.1) is 0 Å². The lowest BCUT2D eigenvalue weighted by atomic mass is 9.87. The molecule has 0 fully saturated rings. The molecule has 0 spiro atoms. The van der Waals surface area contributed by atoms with Crippen molar-refractivity contribution in [2.45, 2.75) is 39.7 Å². The monoisotopic (exact) mass is 386 g/mol. The van der Waals surface area contributed by atoms with Crippen LogP contribution in [0.5, 0.6) is 0 Å². The van der Waals surface area contributed by atoms with Crippen LogP contribution in [0.3, 0.4) is 0 Å². The Bertz CT molecular complexity index is 1260. The van der Waals surface area contributed by atoms with Gasteiger partial charge in [0.2, 0.25) is 5.89 Å². The molecular formula is C23H22N4O2. The second-order valence-electron chi connectivity index (χ2n) is 7.88. The molecule has 29 heavy (non-hydrogen) atoms. The largest absolute Gasteiger partial charge is 0.441 e. The lowest BCUT2D eigenvalue weighted by Gasteiger charge is -2.20. The van der Waals surface area contributed by atoms with E-state index in [0.29, 0.717) is 35.1 Å². The maximum absolute atomic E-state index is 13.1. The molecule has 0 bridgehead atoms. The standard InChI is InChI=1S/C23H22N4O2/c1-14-8-9-19-17(10-14)11-18-21(25-19)24-13-27(23(18)28)12-20-15(2)29-22(26-20)16-6-4-3-5-7-16/h3-7,11,13-14H,8-10,12H2,1-2H3/t14-/m1/s1. The fourth-order valence-corrected chi connectivity index (χ4v) is 3.98. The number of rotatable bonds is 3. The van der Waals surface area contributed by atoms with Crippen molar-refractivity contribution in [1.82, 2.24) is 19.5 Å². The zero-order chi connectivity index (χ0) is 20.0. The third-order valence-electron chi connectivity index (χ3n) is 5.66. The van der Waals surface area contributed by atoms with Crippen molar-refractivity contribution >= 4 is 11.0 Å². The van der Waals surface area contributed by atoms with Gasteiger partial charge in [-0.3, -0.25) is 9.36 Å². The van der Waals surface area contributed by atoms with Crippen molar-refractivity contribution in [3.05, 3.63) is 75.8 Å². The van der Waals surface area contributed by atoms with Gasteiger partial charge < -0.3 is 4.42 Å². The molecule has 0 N–H and O–H groups in total. The van der Waals surface area contributed by atoms with E-state index in [2.05, 4.69) is 21.9 Å². The van der Waals surface area contributed by atoms with Crippen LogP contribution in [-0.4, -0.2) is 19.5 Å². The number of nitrogens with zero attached hydrogens (tertiary/aromatic N) is 4. The fraction of sp³-hybridized carbons (Fsp3) is 0.304. The van der Waals surface area contributed by atoms with E-state index in [1.54, 1.807) is 10.9 Å². The predicted molar refractivity (Wildman–Crippen MR) is 111 cm³/mol. The number of aromatic nitrogens is 4. The van der Waals surface area contributed by atoms with Crippen molar-refractivity contribution in [3.63, 3.8) is 0 Å². The highest BCUT2D eigenvalue weighted by molar-refractivity contribution is 5.74. The van der Waals surface area contributed by atoms with Crippen LogP contribution in [0.2, 0.25) is 0 Å². The summed E-state index contributed by atoms with van der Waals surface area (Å²) in [6, 6.07) is 11.7. The number of fused-ring (bicyclic) bond motifs is 2. The van der Waals surface area contributed by atoms with Crippen LogP contribution < -0.4 is 5.56 Å². The van der Waals surface area contributed by atoms with Crippen molar-refractivity contribution in [3.8, 4) is 11.5 Å². The molecule has 0 saturated carbocycles. The Hall–Kier alpha value is -3.28. The summed E-state index contributed by atoms with van der Waals surface area (Å²) in [5, 5.41) is 0.574. The van der Waals surface area contributed by atoms with E-state index in [0.717, 1.165) is 36.2 Å². The summed E-state index contributed by atoms with van der Waals surface area (Å²) in [4.78, 5) is 26.8. The fourth-order valence-electron chi connectivity index (χ4n) is 3.98. The van der Waals surface area contributed by atoms with E-state index in [1.807, 2.05) is 43.3 Å². The van der Waals surface area contributed by atoms with E-state index in [4.69, 9.17) is 4.42 Å². The lowest BCUT2D eigenvalue weighted by molar-refractivity contribution is 0.495. The number of oxazole rings is 1. The van der Waals surface area contributed by atoms with Crippen molar-refractivity contribution in [1.29, 1.82) is 0 Å². The molecule has 146 valence electrons. The molecule has 0 saturated heterocycles. The van der Waals surface area contributed by atoms with Crippen LogP contribution in [0.1, 0.15) is 36.1 Å². The van der Waals surface area contributed by atoms with E-state index < -0.39 is 0 Å². The van der Waals surface area contributed by atoms with Crippen molar-refractivity contribution in [2.24, 2.45) is 5.92 Å². The Morgan fingerprint density at radius 1 is 1.21 bits per heavy atom. The molecule has 6 nitrogen and oxygen atoms in total. The minimum absolute atomic E-state index is 0.0906. The maximum atomic E-state index is 13.1. The first-order chi connectivity index (χ1) is 14.1. The van der Waals surface area contributed by atoms with Gasteiger partial charge in [0.25, 0.3) is 5.56 Å². The third-order valence-corrected chi connectivity index (χ3v) is 5.66. The lowest BCUT2D eigenvalue weighted by Crippen LogP contribution is -2.23. The first-order valence-corrected chi connectivity index (χ1v) is 9.98. The quantitative estimate of drug-likeness (QED) is 0.533. The van der Waals surface area contributed by atoms with Gasteiger partial charge in [-0.05, 0) is 55.9 Å². The highest BCUT2D eigenvalue weighted by Crippen LogP contribution is 2.26. The molecule has 0 radical (unpaired) electrons. The Morgan fingerprint density at radius 3 is 2.86 bits per heavy atom. The van der Waals surface area contributed by atoms with Crippen LogP contribution in [0.15, 0.2) is 51.9 Å². The first-order valence-electron chi connectivity index (χ1n) is 9.98. The molecule has 0 amide bonds. The average molecular weight is 386 g/mol. The summed E-state index contributed by atoms with van der Waals surface area (Å²) in [7, 11) is 0. The van der Waals surface area contributed by atoms with E-state index in [9.17, 15) is 4.79 Å². The Labute approximate surface area is 168 Å². The van der Waals surface area contributed by atoms with Crippen LogP contribution in [-0.2, 0) is 19.4 Å². The molecule has 1 aliphatic rings. The summed E-state index contributed by atoms with van der Waals surface area (Å²) >= 11 is 0. The van der Waals surface area contributed by atoms with Gasteiger partial charge in [-0.1, -0.05) is 25.1 Å². The van der Waals surface area contributed by atoms with Crippen LogP contribution in [0, 0.1) is 12.8 Å². The van der Waals surface area contributed by atoms with Crippen molar-refractivity contribution in [2.75, 3.05) is 0 Å². The summed E-state index contributed by atoms with van der Waals surface area (Å²) in [5.74, 6) is 1.88. The third kappa shape index (κ3) is 3.24. The molecule has 6 heteroatoms. The van der Waals surface area contributed by atoms with E-state index in [-0.39, 0.29) is 5.56 Å². The molecule has 5 rings (SSSR count). The summed E-state index contributed by atoms with van der Waals surface area (Å²) in [6.45, 7) is 4.43. The minimum Gasteiger partial charge on any atom is -0.441 e.